The Labute approximate surface area is 91.7 Å². The van der Waals surface area contributed by atoms with Crippen LogP contribution in [0.4, 0.5) is 10.3 Å². The molecule has 2 rings (SSSR count). The Bertz CT molecular complexity index is 480. The summed E-state index contributed by atoms with van der Waals surface area (Å²) in [4.78, 5) is 3.91. The molecule has 0 atom stereocenters. The standard InChI is InChI=1S/C10H11FN4O/c1-2-16-10-13-9(12)15(14-10)8-5-3-7(11)4-6-8/h3-6H,2H2,1H3,(H2,12,13,14). The minimum atomic E-state index is -0.313. The highest BCUT2D eigenvalue weighted by atomic mass is 19.1. The minimum Gasteiger partial charge on any atom is -0.463 e. The van der Waals surface area contributed by atoms with Gasteiger partial charge < -0.3 is 10.5 Å². The van der Waals surface area contributed by atoms with Gasteiger partial charge in [-0.2, -0.15) is 9.67 Å². The van der Waals surface area contributed by atoms with Crippen molar-refractivity contribution in [2.24, 2.45) is 0 Å². The third kappa shape index (κ3) is 1.95. The van der Waals surface area contributed by atoms with Crippen molar-refractivity contribution in [2.75, 3.05) is 12.3 Å². The highest BCUT2D eigenvalue weighted by molar-refractivity contribution is 5.38. The first-order valence-corrected chi connectivity index (χ1v) is 4.82. The lowest BCUT2D eigenvalue weighted by atomic mass is 10.3. The molecule has 0 saturated carbocycles. The lowest BCUT2D eigenvalue weighted by molar-refractivity contribution is 0.312. The average molecular weight is 222 g/mol. The average Bonchev–Trinajstić information content (AvgIpc) is 2.61. The summed E-state index contributed by atoms with van der Waals surface area (Å²) in [7, 11) is 0. The van der Waals surface area contributed by atoms with Crippen molar-refractivity contribution >= 4 is 5.95 Å². The third-order valence-corrected chi connectivity index (χ3v) is 1.96. The minimum absolute atomic E-state index is 0.204. The van der Waals surface area contributed by atoms with Gasteiger partial charge >= 0.3 is 6.01 Å². The molecule has 0 bridgehead atoms. The van der Waals surface area contributed by atoms with Crippen LogP contribution in [-0.2, 0) is 0 Å². The maximum Gasteiger partial charge on any atom is 0.337 e. The van der Waals surface area contributed by atoms with Crippen molar-refractivity contribution in [3.63, 3.8) is 0 Å². The Hall–Kier alpha value is -2.11. The van der Waals surface area contributed by atoms with E-state index in [1.807, 2.05) is 6.92 Å². The molecule has 0 spiro atoms. The summed E-state index contributed by atoms with van der Waals surface area (Å²) in [6, 6.07) is 6.00. The molecular weight excluding hydrogens is 211 g/mol. The molecule has 2 N–H and O–H groups in total. The molecular formula is C10H11FN4O. The van der Waals surface area contributed by atoms with E-state index in [1.54, 1.807) is 12.1 Å². The van der Waals surface area contributed by atoms with E-state index < -0.39 is 0 Å². The van der Waals surface area contributed by atoms with E-state index >= 15 is 0 Å². The van der Waals surface area contributed by atoms with Gasteiger partial charge in [-0.05, 0) is 31.2 Å². The summed E-state index contributed by atoms with van der Waals surface area (Å²) in [6.07, 6.45) is 0. The molecule has 1 aromatic heterocycles. The molecule has 84 valence electrons. The number of rotatable bonds is 3. The number of nitrogens with two attached hydrogens (primary N) is 1. The van der Waals surface area contributed by atoms with E-state index in [4.69, 9.17) is 10.5 Å². The first kappa shape index (κ1) is 10.4. The second kappa shape index (κ2) is 4.18. The van der Waals surface area contributed by atoms with Gasteiger partial charge in [0.1, 0.15) is 5.82 Å². The summed E-state index contributed by atoms with van der Waals surface area (Å²) in [5.74, 6) is -0.109. The molecule has 16 heavy (non-hydrogen) atoms. The van der Waals surface area contributed by atoms with Crippen molar-refractivity contribution < 1.29 is 9.13 Å². The van der Waals surface area contributed by atoms with Crippen LogP contribution in [0.25, 0.3) is 5.69 Å². The lowest BCUT2D eigenvalue weighted by Gasteiger charge is -2.00. The normalized spacial score (nSPS) is 10.4. The number of ether oxygens (including phenoxy) is 1. The van der Waals surface area contributed by atoms with Gasteiger partial charge in [0.05, 0.1) is 12.3 Å². The predicted molar refractivity (Wildman–Crippen MR) is 56.9 cm³/mol. The van der Waals surface area contributed by atoms with Crippen molar-refractivity contribution in [3.05, 3.63) is 30.1 Å². The van der Waals surface area contributed by atoms with Crippen LogP contribution in [0.1, 0.15) is 6.92 Å². The van der Waals surface area contributed by atoms with Gasteiger partial charge in [0.2, 0.25) is 5.95 Å². The number of anilines is 1. The third-order valence-electron chi connectivity index (χ3n) is 1.96. The van der Waals surface area contributed by atoms with Crippen molar-refractivity contribution in [2.45, 2.75) is 6.92 Å². The molecule has 0 amide bonds. The summed E-state index contributed by atoms with van der Waals surface area (Å²) < 4.78 is 19.2. The lowest BCUT2D eigenvalue weighted by Crippen LogP contribution is -2.02. The van der Waals surface area contributed by atoms with E-state index in [-0.39, 0.29) is 17.8 Å². The van der Waals surface area contributed by atoms with Crippen LogP contribution in [-0.4, -0.2) is 21.4 Å². The van der Waals surface area contributed by atoms with Crippen molar-refractivity contribution in [1.82, 2.24) is 14.8 Å². The zero-order valence-electron chi connectivity index (χ0n) is 8.72. The van der Waals surface area contributed by atoms with Crippen LogP contribution in [0.2, 0.25) is 0 Å². The fraction of sp³-hybridized carbons (Fsp3) is 0.200. The summed E-state index contributed by atoms with van der Waals surface area (Å²) in [6.45, 7) is 2.29. The highest BCUT2D eigenvalue weighted by Gasteiger charge is 2.08. The number of aromatic nitrogens is 3. The van der Waals surface area contributed by atoms with E-state index in [0.29, 0.717) is 12.3 Å². The van der Waals surface area contributed by atoms with Gasteiger partial charge in [-0.1, -0.05) is 0 Å². The first-order valence-electron chi connectivity index (χ1n) is 4.82. The van der Waals surface area contributed by atoms with Crippen LogP contribution in [0.5, 0.6) is 6.01 Å². The van der Waals surface area contributed by atoms with Crippen LogP contribution in [0.3, 0.4) is 0 Å². The van der Waals surface area contributed by atoms with Crippen molar-refractivity contribution in [3.8, 4) is 11.7 Å². The topological polar surface area (TPSA) is 66.0 Å². The zero-order chi connectivity index (χ0) is 11.5. The summed E-state index contributed by atoms with van der Waals surface area (Å²) >= 11 is 0. The smallest absolute Gasteiger partial charge is 0.337 e. The predicted octanol–water partition coefficient (Wildman–Crippen LogP) is 1.39. The number of halogens is 1. The Morgan fingerprint density at radius 3 is 2.69 bits per heavy atom. The van der Waals surface area contributed by atoms with Gasteiger partial charge in [0, 0.05) is 0 Å². The van der Waals surface area contributed by atoms with E-state index in [0.717, 1.165) is 0 Å². The second-order valence-electron chi connectivity index (χ2n) is 3.07. The largest absolute Gasteiger partial charge is 0.463 e. The molecule has 0 aliphatic carbocycles. The molecule has 1 aromatic carbocycles. The molecule has 6 heteroatoms. The van der Waals surface area contributed by atoms with E-state index in [1.165, 1.54) is 16.8 Å². The number of benzene rings is 1. The highest BCUT2D eigenvalue weighted by Crippen LogP contribution is 2.15. The molecule has 0 aliphatic heterocycles. The quantitative estimate of drug-likeness (QED) is 0.852. The molecule has 0 fully saturated rings. The number of hydrogen-bond acceptors (Lipinski definition) is 4. The Balaban J connectivity index is 2.36. The Morgan fingerprint density at radius 2 is 2.06 bits per heavy atom. The van der Waals surface area contributed by atoms with E-state index in [9.17, 15) is 4.39 Å². The van der Waals surface area contributed by atoms with Crippen LogP contribution in [0, 0.1) is 5.82 Å². The summed E-state index contributed by atoms with van der Waals surface area (Å²) in [5.41, 5.74) is 6.29. The number of hydrogen-bond donors (Lipinski definition) is 1. The first-order chi connectivity index (χ1) is 7.70. The van der Waals surface area contributed by atoms with Crippen LogP contribution in [0.15, 0.2) is 24.3 Å². The monoisotopic (exact) mass is 222 g/mol. The fourth-order valence-electron chi connectivity index (χ4n) is 1.27. The maximum absolute atomic E-state index is 12.7. The fourth-order valence-corrected chi connectivity index (χ4v) is 1.27. The van der Waals surface area contributed by atoms with Crippen molar-refractivity contribution in [1.29, 1.82) is 0 Å². The molecule has 0 unspecified atom stereocenters. The van der Waals surface area contributed by atoms with Gasteiger partial charge in [-0.3, -0.25) is 0 Å². The number of nitrogen functional groups attached to an aromatic ring is 1. The molecule has 0 radical (unpaired) electrons. The second-order valence-corrected chi connectivity index (χ2v) is 3.07. The van der Waals surface area contributed by atoms with Crippen LogP contribution < -0.4 is 10.5 Å². The van der Waals surface area contributed by atoms with Crippen LogP contribution >= 0.6 is 0 Å². The number of nitrogens with zero attached hydrogens (tertiary/aromatic N) is 3. The van der Waals surface area contributed by atoms with Gasteiger partial charge in [-0.25, -0.2) is 4.39 Å². The molecule has 0 saturated heterocycles. The maximum atomic E-state index is 12.7. The molecule has 0 aliphatic rings. The zero-order valence-corrected chi connectivity index (χ0v) is 8.72. The SMILES string of the molecule is CCOc1nc(N)n(-c2ccc(F)cc2)n1. The Morgan fingerprint density at radius 1 is 1.38 bits per heavy atom. The molecule has 1 heterocycles. The Kier molecular flexibility index (Phi) is 2.72. The molecule has 2 aromatic rings. The summed E-state index contributed by atoms with van der Waals surface area (Å²) in [5, 5.41) is 4.04. The van der Waals surface area contributed by atoms with Gasteiger partial charge in [0.15, 0.2) is 0 Å². The van der Waals surface area contributed by atoms with E-state index in [2.05, 4.69) is 10.1 Å². The van der Waals surface area contributed by atoms with Gasteiger partial charge in [0.25, 0.3) is 0 Å². The van der Waals surface area contributed by atoms with Gasteiger partial charge in [-0.15, -0.1) is 5.10 Å². The molecule has 5 nitrogen and oxygen atoms in total.